The maximum absolute atomic E-state index is 6.28. The van der Waals surface area contributed by atoms with Gasteiger partial charge in [0.15, 0.2) is 0 Å². The van der Waals surface area contributed by atoms with Crippen molar-refractivity contribution in [2.75, 3.05) is 6.61 Å². The summed E-state index contributed by atoms with van der Waals surface area (Å²) in [6, 6.07) is 9.92. The molecule has 1 unspecified atom stereocenters. The molecular weight excluding hydrogens is 212 g/mol. The van der Waals surface area contributed by atoms with Gasteiger partial charge in [0.1, 0.15) is 5.75 Å². The Bertz CT molecular complexity index is 525. The van der Waals surface area contributed by atoms with E-state index in [1.165, 1.54) is 5.56 Å². The van der Waals surface area contributed by atoms with Crippen LogP contribution in [0, 0.1) is 0 Å². The second-order valence-corrected chi connectivity index (χ2v) is 4.19. The molecule has 2 heterocycles. The molecule has 86 valence electrons. The van der Waals surface area contributed by atoms with Crippen LogP contribution in [0.5, 0.6) is 5.75 Å². The van der Waals surface area contributed by atoms with E-state index >= 15 is 0 Å². The van der Waals surface area contributed by atoms with E-state index in [0.29, 0.717) is 0 Å². The number of benzene rings is 1. The topological polar surface area (TPSA) is 48.1 Å². The van der Waals surface area contributed by atoms with E-state index in [-0.39, 0.29) is 6.04 Å². The van der Waals surface area contributed by atoms with E-state index in [9.17, 15) is 0 Å². The van der Waals surface area contributed by atoms with Gasteiger partial charge in [-0.05, 0) is 23.3 Å². The Morgan fingerprint density at radius 3 is 2.82 bits per heavy atom. The number of pyridine rings is 1. The van der Waals surface area contributed by atoms with E-state index in [2.05, 4.69) is 11.1 Å². The quantitative estimate of drug-likeness (QED) is 0.852. The number of rotatable bonds is 2. The summed E-state index contributed by atoms with van der Waals surface area (Å²) in [4.78, 5) is 4.01. The fourth-order valence-corrected chi connectivity index (χ4v) is 2.24. The lowest BCUT2D eigenvalue weighted by Crippen LogP contribution is -2.12. The van der Waals surface area contributed by atoms with Gasteiger partial charge in [0.25, 0.3) is 0 Å². The molecule has 1 aromatic heterocycles. The highest BCUT2D eigenvalue weighted by atomic mass is 16.5. The van der Waals surface area contributed by atoms with Gasteiger partial charge < -0.3 is 10.5 Å². The van der Waals surface area contributed by atoms with Crippen LogP contribution in [0.2, 0.25) is 0 Å². The maximum atomic E-state index is 6.28. The minimum Gasteiger partial charge on any atom is -0.493 e. The molecule has 0 amide bonds. The zero-order chi connectivity index (χ0) is 11.7. The van der Waals surface area contributed by atoms with Gasteiger partial charge in [-0.1, -0.05) is 18.2 Å². The number of nitrogens with two attached hydrogens (primary N) is 1. The molecule has 1 atom stereocenters. The highest BCUT2D eigenvalue weighted by Gasteiger charge is 2.20. The van der Waals surface area contributed by atoms with Crippen molar-refractivity contribution >= 4 is 0 Å². The van der Waals surface area contributed by atoms with Gasteiger partial charge in [0, 0.05) is 24.4 Å². The third kappa shape index (κ3) is 1.78. The van der Waals surface area contributed by atoms with Crippen molar-refractivity contribution in [3.8, 4) is 5.75 Å². The fourth-order valence-electron chi connectivity index (χ4n) is 2.24. The predicted octanol–water partition coefficient (Wildman–Crippen LogP) is 2.06. The van der Waals surface area contributed by atoms with Gasteiger partial charge >= 0.3 is 0 Å². The molecule has 1 aliphatic rings. The maximum Gasteiger partial charge on any atom is 0.127 e. The first kappa shape index (κ1) is 10.3. The summed E-state index contributed by atoms with van der Waals surface area (Å²) < 4.78 is 5.68. The molecule has 0 radical (unpaired) electrons. The van der Waals surface area contributed by atoms with E-state index < -0.39 is 0 Å². The van der Waals surface area contributed by atoms with Crippen LogP contribution in [0.15, 0.2) is 42.7 Å². The normalized spacial score (nSPS) is 15.1. The summed E-state index contributed by atoms with van der Waals surface area (Å²) in [5, 5.41) is 0. The summed E-state index contributed by atoms with van der Waals surface area (Å²) >= 11 is 0. The Labute approximate surface area is 100 Å². The number of hydrogen-bond acceptors (Lipinski definition) is 3. The largest absolute Gasteiger partial charge is 0.493 e. The average Bonchev–Trinajstić information content (AvgIpc) is 2.87. The van der Waals surface area contributed by atoms with E-state index in [4.69, 9.17) is 10.5 Å². The van der Waals surface area contributed by atoms with Crippen molar-refractivity contribution in [3.05, 3.63) is 59.4 Å². The molecule has 1 aromatic carbocycles. The lowest BCUT2D eigenvalue weighted by molar-refractivity contribution is 0.352. The zero-order valence-corrected chi connectivity index (χ0v) is 9.47. The molecule has 2 aromatic rings. The van der Waals surface area contributed by atoms with Gasteiger partial charge in [-0.3, -0.25) is 4.98 Å². The second-order valence-electron chi connectivity index (χ2n) is 4.19. The standard InChI is InChI=1S/C14H14N2O/c15-13(10-4-7-16-8-5-10)12-3-1-2-11-6-9-17-14(11)12/h1-5,7-8,13H,6,9,15H2. The third-order valence-corrected chi connectivity index (χ3v) is 3.15. The van der Waals surface area contributed by atoms with Gasteiger partial charge in [0.05, 0.1) is 12.6 Å². The molecule has 17 heavy (non-hydrogen) atoms. The molecule has 3 nitrogen and oxygen atoms in total. The number of para-hydroxylation sites is 1. The molecule has 0 saturated heterocycles. The predicted molar refractivity (Wildman–Crippen MR) is 65.9 cm³/mol. The number of aromatic nitrogens is 1. The number of ether oxygens (including phenoxy) is 1. The summed E-state index contributed by atoms with van der Waals surface area (Å²) in [6.07, 6.45) is 4.50. The number of fused-ring (bicyclic) bond motifs is 1. The van der Waals surface area contributed by atoms with Gasteiger partial charge in [-0.15, -0.1) is 0 Å². The van der Waals surface area contributed by atoms with Crippen LogP contribution in [-0.2, 0) is 6.42 Å². The summed E-state index contributed by atoms with van der Waals surface area (Å²) in [5.74, 6) is 0.969. The second kappa shape index (κ2) is 4.18. The lowest BCUT2D eigenvalue weighted by atomic mass is 9.97. The smallest absolute Gasteiger partial charge is 0.127 e. The SMILES string of the molecule is NC(c1ccncc1)c1cccc2c1OCC2. The first-order chi connectivity index (χ1) is 8.36. The van der Waals surface area contributed by atoms with Crippen molar-refractivity contribution in [2.24, 2.45) is 5.73 Å². The first-order valence-electron chi connectivity index (χ1n) is 5.76. The Hall–Kier alpha value is -1.87. The Kier molecular flexibility index (Phi) is 2.53. The van der Waals surface area contributed by atoms with Gasteiger partial charge in [-0.25, -0.2) is 0 Å². The summed E-state index contributed by atoms with van der Waals surface area (Å²) in [7, 11) is 0. The van der Waals surface area contributed by atoms with Crippen molar-refractivity contribution in [1.29, 1.82) is 0 Å². The van der Waals surface area contributed by atoms with Gasteiger partial charge in [-0.2, -0.15) is 0 Å². The van der Waals surface area contributed by atoms with E-state index in [0.717, 1.165) is 29.9 Å². The Morgan fingerprint density at radius 2 is 2.00 bits per heavy atom. The molecule has 3 rings (SSSR count). The highest BCUT2D eigenvalue weighted by Crippen LogP contribution is 2.34. The van der Waals surface area contributed by atoms with Gasteiger partial charge in [0.2, 0.25) is 0 Å². The summed E-state index contributed by atoms with van der Waals surface area (Å²) in [6.45, 7) is 0.759. The molecule has 3 heteroatoms. The van der Waals surface area contributed by atoms with E-state index in [1.807, 2.05) is 24.3 Å². The zero-order valence-electron chi connectivity index (χ0n) is 9.47. The number of nitrogens with zero attached hydrogens (tertiary/aromatic N) is 1. The number of hydrogen-bond donors (Lipinski definition) is 1. The van der Waals surface area contributed by atoms with Crippen molar-refractivity contribution in [1.82, 2.24) is 4.98 Å². The van der Waals surface area contributed by atoms with Crippen molar-refractivity contribution in [3.63, 3.8) is 0 Å². The molecule has 2 N–H and O–H groups in total. The van der Waals surface area contributed by atoms with Crippen LogP contribution < -0.4 is 10.5 Å². The van der Waals surface area contributed by atoms with Crippen LogP contribution in [0.3, 0.4) is 0 Å². The Balaban J connectivity index is 2.03. The monoisotopic (exact) mass is 226 g/mol. The highest BCUT2D eigenvalue weighted by molar-refractivity contribution is 5.48. The Morgan fingerprint density at radius 1 is 1.18 bits per heavy atom. The average molecular weight is 226 g/mol. The van der Waals surface area contributed by atoms with Crippen molar-refractivity contribution in [2.45, 2.75) is 12.5 Å². The van der Waals surface area contributed by atoms with Crippen LogP contribution in [0.1, 0.15) is 22.7 Å². The molecule has 0 saturated carbocycles. The molecule has 0 fully saturated rings. The fraction of sp³-hybridized carbons (Fsp3) is 0.214. The van der Waals surface area contributed by atoms with Crippen molar-refractivity contribution < 1.29 is 4.74 Å². The lowest BCUT2D eigenvalue weighted by Gasteiger charge is -2.15. The first-order valence-corrected chi connectivity index (χ1v) is 5.76. The van der Waals surface area contributed by atoms with Crippen LogP contribution in [0.4, 0.5) is 0 Å². The minimum atomic E-state index is -0.147. The van der Waals surface area contributed by atoms with Crippen LogP contribution >= 0.6 is 0 Å². The van der Waals surface area contributed by atoms with Crippen LogP contribution in [-0.4, -0.2) is 11.6 Å². The summed E-state index contributed by atoms with van der Waals surface area (Å²) in [5.41, 5.74) is 9.66. The third-order valence-electron chi connectivity index (χ3n) is 3.15. The molecule has 0 spiro atoms. The van der Waals surface area contributed by atoms with E-state index in [1.54, 1.807) is 12.4 Å². The molecule has 1 aliphatic heterocycles. The molecule has 0 bridgehead atoms. The minimum absolute atomic E-state index is 0.147. The molecular formula is C14H14N2O. The van der Waals surface area contributed by atoms with Crippen LogP contribution in [0.25, 0.3) is 0 Å². The molecule has 0 aliphatic carbocycles.